The fourth-order valence-electron chi connectivity index (χ4n) is 1.08. The largest absolute Gasteiger partial charge is 0.382 e. The van der Waals surface area contributed by atoms with Crippen molar-refractivity contribution in [2.45, 2.75) is 19.4 Å². The first-order valence-corrected chi connectivity index (χ1v) is 6.12. The van der Waals surface area contributed by atoms with E-state index in [1.807, 2.05) is 13.8 Å². The molecule has 0 spiro atoms. The molecule has 0 aromatic heterocycles. The molecule has 0 bridgehead atoms. The number of ether oxygens (including phenoxy) is 3. The summed E-state index contributed by atoms with van der Waals surface area (Å²) in [4.78, 5) is 4.12. The molecule has 0 aliphatic carbocycles. The van der Waals surface area contributed by atoms with Gasteiger partial charge in [0.05, 0.1) is 25.4 Å². The Labute approximate surface area is 110 Å². The van der Waals surface area contributed by atoms with Crippen LogP contribution in [0.2, 0.25) is 0 Å². The van der Waals surface area contributed by atoms with Gasteiger partial charge in [-0.15, -0.1) is 0 Å². The maximum Gasteiger partial charge on any atom is 0.191 e. The van der Waals surface area contributed by atoms with Crippen molar-refractivity contribution in [2.24, 2.45) is 4.99 Å². The van der Waals surface area contributed by atoms with E-state index >= 15 is 0 Å². The second-order valence-electron chi connectivity index (χ2n) is 4.42. The third-order valence-corrected chi connectivity index (χ3v) is 2.43. The van der Waals surface area contributed by atoms with E-state index in [9.17, 15) is 0 Å². The van der Waals surface area contributed by atoms with Crippen molar-refractivity contribution in [3.63, 3.8) is 0 Å². The predicted octanol–water partition coefficient (Wildman–Crippen LogP) is 0.239. The van der Waals surface area contributed by atoms with Crippen LogP contribution in [-0.4, -0.2) is 65.7 Å². The molecule has 0 aromatic carbocycles. The summed E-state index contributed by atoms with van der Waals surface area (Å²) < 4.78 is 15.5. The highest BCUT2D eigenvalue weighted by Crippen LogP contribution is 2.04. The minimum atomic E-state index is -0.216. The third kappa shape index (κ3) is 9.21. The summed E-state index contributed by atoms with van der Waals surface area (Å²) in [5.41, 5.74) is -0.216. The number of nitrogens with one attached hydrogen (secondary N) is 2. The average Bonchev–Trinajstić information content (AvgIpc) is 2.37. The Bertz CT molecular complexity index is 233. The highest BCUT2D eigenvalue weighted by Gasteiger charge is 2.16. The topological polar surface area (TPSA) is 64.1 Å². The number of rotatable bonds is 9. The number of hydrogen-bond acceptors (Lipinski definition) is 4. The normalized spacial score (nSPS) is 12.6. The number of hydrogen-bond donors (Lipinski definition) is 2. The van der Waals surface area contributed by atoms with Gasteiger partial charge in [0.2, 0.25) is 0 Å². The second-order valence-corrected chi connectivity index (χ2v) is 4.42. The lowest BCUT2D eigenvalue weighted by Crippen LogP contribution is -2.46. The second kappa shape index (κ2) is 10.1. The van der Waals surface area contributed by atoms with Crippen molar-refractivity contribution in [3.8, 4) is 0 Å². The SMILES string of the molecule is CN=C(NCCOCCOC)NCC(C)(C)OC. The molecule has 0 rings (SSSR count). The zero-order valence-corrected chi connectivity index (χ0v) is 12.2. The first kappa shape index (κ1) is 17.2. The minimum absolute atomic E-state index is 0.216. The van der Waals surface area contributed by atoms with E-state index in [-0.39, 0.29) is 5.60 Å². The lowest BCUT2D eigenvalue weighted by atomic mass is 10.1. The molecule has 6 nitrogen and oxygen atoms in total. The molecular formula is C12H27N3O3. The van der Waals surface area contributed by atoms with Gasteiger partial charge < -0.3 is 24.8 Å². The van der Waals surface area contributed by atoms with E-state index < -0.39 is 0 Å². The highest BCUT2D eigenvalue weighted by molar-refractivity contribution is 5.79. The molecule has 0 aromatic rings. The summed E-state index contributed by atoms with van der Waals surface area (Å²) in [6, 6.07) is 0. The van der Waals surface area contributed by atoms with Crippen LogP contribution in [-0.2, 0) is 14.2 Å². The maximum absolute atomic E-state index is 5.34. The van der Waals surface area contributed by atoms with Crippen LogP contribution in [0.25, 0.3) is 0 Å². The van der Waals surface area contributed by atoms with Crippen LogP contribution in [0, 0.1) is 0 Å². The van der Waals surface area contributed by atoms with Crippen LogP contribution in [0.4, 0.5) is 0 Å². The van der Waals surface area contributed by atoms with E-state index in [4.69, 9.17) is 14.2 Å². The van der Waals surface area contributed by atoms with Gasteiger partial charge in [0.25, 0.3) is 0 Å². The fraction of sp³-hybridized carbons (Fsp3) is 0.917. The van der Waals surface area contributed by atoms with E-state index in [1.165, 1.54) is 0 Å². The Kier molecular flexibility index (Phi) is 9.63. The molecular weight excluding hydrogens is 234 g/mol. The molecule has 0 atom stereocenters. The van der Waals surface area contributed by atoms with Gasteiger partial charge in [0.1, 0.15) is 0 Å². The standard InChI is InChI=1S/C12H27N3O3/c1-12(2,17-5)10-15-11(13-3)14-6-7-18-9-8-16-4/h6-10H2,1-5H3,(H2,13,14,15). The van der Waals surface area contributed by atoms with Crippen molar-refractivity contribution in [1.82, 2.24) is 10.6 Å². The zero-order chi connectivity index (χ0) is 13.9. The first-order chi connectivity index (χ1) is 8.55. The van der Waals surface area contributed by atoms with Crippen molar-refractivity contribution >= 4 is 5.96 Å². The quantitative estimate of drug-likeness (QED) is 0.354. The smallest absolute Gasteiger partial charge is 0.191 e. The van der Waals surface area contributed by atoms with Crippen LogP contribution < -0.4 is 10.6 Å². The van der Waals surface area contributed by atoms with Gasteiger partial charge in [0.15, 0.2) is 5.96 Å². The van der Waals surface area contributed by atoms with Crippen molar-refractivity contribution in [3.05, 3.63) is 0 Å². The Balaban J connectivity index is 3.66. The molecule has 0 unspecified atom stereocenters. The van der Waals surface area contributed by atoms with Crippen molar-refractivity contribution in [1.29, 1.82) is 0 Å². The molecule has 18 heavy (non-hydrogen) atoms. The third-order valence-electron chi connectivity index (χ3n) is 2.43. The monoisotopic (exact) mass is 261 g/mol. The summed E-state index contributed by atoms with van der Waals surface area (Å²) in [7, 11) is 5.09. The summed E-state index contributed by atoms with van der Waals surface area (Å²) in [6.45, 7) is 7.28. The molecule has 0 saturated carbocycles. The lowest BCUT2D eigenvalue weighted by Gasteiger charge is -2.24. The molecule has 0 radical (unpaired) electrons. The number of methoxy groups -OCH3 is 2. The van der Waals surface area contributed by atoms with Crippen LogP contribution in [0.15, 0.2) is 4.99 Å². The molecule has 0 amide bonds. The van der Waals surface area contributed by atoms with Crippen LogP contribution in [0.5, 0.6) is 0 Å². The van der Waals surface area contributed by atoms with Crippen LogP contribution >= 0.6 is 0 Å². The summed E-state index contributed by atoms with van der Waals surface area (Å²) in [5, 5.41) is 6.36. The Morgan fingerprint density at radius 1 is 1.11 bits per heavy atom. The number of nitrogens with zero attached hydrogens (tertiary/aromatic N) is 1. The highest BCUT2D eigenvalue weighted by atomic mass is 16.5. The average molecular weight is 261 g/mol. The van der Waals surface area contributed by atoms with Crippen molar-refractivity contribution < 1.29 is 14.2 Å². The number of guanidine groups is 1. The molecule has 2 N–H and O–H groups in total. The summed E-state index contributed by atoms with van der Waals surface area (Å²) >= 11 is 0. The predicted molar refractivity (Wildman–Crippen MR) is 73.1 cm³/mol. The van der Waals surface area contributed by atoms with Gasteiger partial charge in [-0.1, -0.05) is 0 Å². The van der Waals surface area contributed by atoms with Gasteiger partial charge >= 0.3 is 0 Å². The van der Waals surface area contributed by atoms with Crippen LogP contribution in [0.3, 0.4) is 0 Å². The van der Waals surface area contributed by atoms with Gasteiger partial charge in [-0.3, -0.25) is 4.99 Å². The van der Waals surface area contributed by atoms with Gasteiger partial charge in [-0.05, 0) is 13.8 Å². The van der Waals surface area contributed by atoms with Gasteiger partial charge in [-0.25, -0.2) is 0 Å². The molecule has 108 valence electrons. The summed E-state index contributed by atoms with van der Waals surface area (Å²) in [6.07, 6.45) is 0. The van der Waals surface area contributed by atoms with E-state index in [0.717, 1.165) is 5.96 Å². The Hall–Kier alpha value is -0.850. The fourth-order valence-corrected chi connectivity index (χ4v) is 1.08. The molecule has 6 heteroatoms. The Morgan fingerprint density at radius 3 is 2.39 bits per heavy atom. The van der Waals surface area contributed by atoms with E-state index in [0.29, 0.717) is 32.9 Å². The molecule has 0 aliphatic rings. The maximum atomic E-state index is 5.34. The number of aliphatic imine (C=N–C) groups is 1. The van der Waals surface area contributed by atoms with E-state index in [2.05, 4.69) is 15.6 Å². The van der Waals surface area contributed by atoms with E-state index in [1.54, 1.807) is 21.3 Å². The molecule has 0 heterocycles. The van der Waals surface area contributed by atoms with Crippen LogP contribution in [0.1, 0.15) is 13.8 Å². The Morgan fingerprint density at radius 2 is 1.83 bits per heavy atom. The zero-order valence-electron chi connectivity index (χ0n) is 12.2. The molecule has 0 fully saturated rings. The van der Waals surface area contributed by atoms with Gasteiger partial charge in [-0.2, -0.15) is 0 Å². The first-order valence-electron chi connectivity index (χ1n) is 6.12. The molecule has 0 aliphatic heterocycles. The lowest BCUT2D eigenvalue weighted by molar-refractivity contribution is 0.0268. The van der Waals surface area contributed by atoms with Crippen molar-refractivity contribution in [2.75, 3.05) is 54.2 Å². The minimum Gasteiger partial charge on any atom is -0.382 e. The summed E-state index contributed by atoms with van der Waals surface area (Å²) in [5.74, 6) is 0.746. The molecule has 0 saturated heterocycles. The van der Waals surface area contributed by atoms with Gasteiger partial charge in [0, 0.05) is 34.4 Å².